The van der Waals surface area contributed by atoms with Crippen molar-refractivity contribution in [1.82, 2.24) is 5.32 Å². The van der Waals surface area contributed by atoms with Crippen LogP contribution in [-0.4, -0.2) is 16.8 Å². The van der Waals surface area contributed by atoms with E-state index >= 15 is 0 Å². The molecule has 0 aromatic heterocycles. The second-order valence-electron chi connectivity index (χ2n) is 6.88. The number of nitrogens with one attached hydrogen (secondary N) is 1. The van der Waals surface area contributed by atoms with Crippen LogP contribution >= 0.6 is 0 Å². The molecule has 4 aromatic rings. The lowest BCUT2D eigenvalue weighted by Gasteiger charge is -2.27. The highest BCUT2D eigenvalue weighted by atomic mass is 16.3. The van der Waals surface area contributed by atoms with Crippen molar-refractivity contribution in [2.24, 2.45) is 0 Å². The van der Waals surface area contributed by atoms with E-state index in [1.807, 2.05) is 91.0 Å². The summed E-state index contributed by atoms with van der Waals surface area (Å²) in [6.07, 6.45) is 0. The van der Waals surface area contributed by atoms with Gasteiger partial charge >= 0.3 is 0 Å². The molecule has 0 saturated heterocycles. The smallest absolute Gasteiger partial charge is 0.121 e. The first-order valence-electron chi connectivity index (χ1n) is 9.45. The monoisotopic (exact) mass is 369 g/mol. The molecule has 0 fully saturated rings. The highest BCUT2D eigenvalue weighted by Crippen LogP contribution is 2.37. The Morgan fingerprint density at radius 2 is 1.29 bits per heavy atom. The molecule has 140 valence electrons. The van der Waals surface area contributed by atoms with Crippen LogP contribution in [0.2, 0.25) is 0 Å². The minimum atomic E-state index is -0.273. The van der Waals surface area contributed by atoms with Gasteiger partial charge in [0.2, 0.25) is 0 Å². The molecule has 0 spiro atoms. The molecule has 4 aromatic carbocycles. The van der Waals surface area contributed by atoms with Crippen molar-refractivity contribution in [1.29, 1.82) is 0 Å². The van der Waals surface area contributed by atoms with Crippen molar-refractivity contribution in [2.45, 2.75) is 12.1 Å². The van der Waals surface area contributed by atoms with Crippen LogP contribution in [0.15, 0.2) is 97.1 Å². The molecule has 28 heavy (non-hydrogen) atoms. The molecular weight excluding hydrogens is 346 g/mol. The lowest BCUT2D eigenvalue weighted by Crippen LogP contribution is -2.30. The van der Waals surface area contributed by atoms with Gasteiger partial charge in [0.25, 0.3) is 0 Å². The fraction of sp³-hybridized carbons (Fsp3) is 0.120. The van der Waals surface area contributed by atoms with Crippen LogP contribution in [0.4, 0.5) is 0 Å². The quantitative estimate of drug-likeness (QED) is 0.450. The summed E-state index contributed by atoms with van der Waals surface area (Å²) >= 11 is 0. The summed E-state index contributed by atoms with van der Waals surface area (Å²) in [5.74, 6) is 0.241. The summed E-state index contributed by atoms with van der Waals surface area (Å²) in [6.45, 7) is -0.0428. The van der Waals surface area contributed by atoms with Gasteiger partial charge in [0.05, 0.1) is 18.7 Å². The predicted octanol–water partition coefficient (Wildman–Crippen LogP) is 4.96. The number of phenolic OH excluding ortho intramolecular Hbond substituents is 1. The summed E-state index contributed by atoms with van der Waals surface area (Å²) in [5.41, 5.74) is 2.85. The van der Waals surface area contributed by atoms with Crippen molar-refractivity contribution in [3.63, 3.8) is 0 Å². The Balaban J connectivity index is 1.85. The molecule has 0 saturated carbocycles. The number of hydrogen-bond acceptors (Lipinski definition) is 3. The SMILES string of the molecule is OC[C@H](N[C@@H](c1ccccc1)c1c(O)ccc2ccccc12)c1ccccc1. The lowest BCUT2D eigenvalue weighted by atomic mass is 9.91. The molecular formula is C25H23NO2. The second-order valence-corrected chi connectivity index (χ2v) is 6.88. The second kappa shape index (κ2) is 8.26. The minimum Gasteiger partial charge on any atom is -0.508 e. The highest BCUT2D eigenvalue weighted by Gasteiger charge is 2.24. The van der Waals surface area contributed by atoms with E-state index in [1.54, 1.807) is 6.07 Å². The number of aromatic hydroxyl groups is 1. The van der Waals surface area contributed by atoms with E-state index in [9.17, 15) is 10.2 Å². The van der Waals surface area contributed by atoms with E-state index in [0.29, 0.717) is 0 Å². The molecule has 3 nitrogen and oxygen atoms in total. The number of aliphatic hydroxyl groups is 1. The maximum absolute atomic E-state index is 10.8. The summed E-state index contributed by atoms with van der Waals surface area (Å²) in [4.78, 5) is 0. The van der Waals surface area contributed by atoms with Crippen molar-refractivity contribution in [2.75, 3.05) is 6.61 Å². The van der Waals surface area contributed by atoms with E-state index < -0.39 is 0 Å². The van der Waals surface area contributed by atoms with Gasteiger partial charge in [-0.2, -0.15) is 0 Å². The van der Waals surface area contributed by atoms with Crippen molar-refractivity contribution < 1.29 is 10.2 Å². The van der Waals surface area contributed by atoms with Gasteiger partial charge in [-0.1, -0.05) is 91.0 Å². The number of aliphatic hydroxyl groups excluding tert-OH is 1. The Morgan fingerprint density at radius 1 is 0.679 bits per heavy atom. The van der Waals surface area contributed by atoms with Gasteiger partial charge in [0, 0.05) is 5.56 Å². The normalized spacial score (nSPS) is 13.3. The molecule has 0 aliphatic heterocycles. The first-order valence-corrected chi connectivity index (χ1v) is 9.45. The van der Waals surface area contributed by atoms with E-state index in [-0.39, 0.29) is 24.4 Å². The summed E-state index contributed by atoms with van der Waals surface area (Å²) < 4.78 is 0. The van der Waals surface area contributed by atoms with Gasteiger partial charge in [0.1, 0.15) is 5.75 Å². The first-order chi connectivity index (χ1) is 13.8. The van der Waals surface area contributed by atoms with Crippen molar-refractivity contribution in [3.05, 3.63) is 114 Å². The average molecular weight is 369 g/mol. The summed E-state index contributed by atoms with van der Waals surface area (Å²) in [7, 11) is 0. The van der Waals surface area contributed by atoms with Crippen LogP contribution in [0.25, 0.3) is 10.8 Å². The number of hydrogen-bond donors (Lipinski definition) is 3. The maximum atomic E-state index is 10.8. The zero-order valence-electron chi connectivity index (χ0n) is 15.5. The van der Waals surface area contributed by atoms with E-state index in [0.717, 1.165) is 27.5 Å². The molecule has 3 heteroatoms. The third kappa shape index (κ3) is 3.63. The van der Waals surface area contributed by atoms with Crippen LogP contribution < -0.4 is 5.32 Å². The molecule has 0 radical (unpaired) electrons. The Bertz CT molecular complexity index is 1050. The number of benzene rings is 4. The zero-order chi connectivity index (χ0) is 19.3. The van der Waals surface area contributed by atoms with Crippen LogP contribution in [0.3, 0.4) is 0 Å². The molecule has 0 aliphatic carbocycles. The molecule has 4 rings (SSSR count). The molecule has 0 bridgehead atoms. The summed E-state index contributed by atoms with van der Waals surface area (Å²) in [6, 6.07) is 31.1. The Morgan fingerprint density at radius 3 is 1.96 bits per heavy atom. The van der Waals surface area contributed by atoms with Gasteiger partial charge in [-0.05, 0) is 28.0 Å². The molecule has 0 aliphatic rings. The molecule has 0 unspecified atom stereocenters. The molecule has 0 heterocycles. The Hall–Kier alpha value is -3.14. The lowest BCUT2D eigenvalue weighted by molar-refractivity contribution is 0.237. The third-order valence-corrected chi connectivity index (χ3v) is 5.12. The van der Waals surface area contributed by atoms with Crippen LogP contribution in [-0.2, 0) is 0 Å². The molecule has 3 N–H and O–H groups in total. The summed E-state index contributed by atoms with van der Waals surface area (Å²) in [5, 5.41) is 26.5. The Kier molecular flexibility index (Phi) is 5.38. The topological polar surface area (TPSA) is 52.5 Å². The predicted molar refractivity (Wildman–Crippen MR) is 113 cm³/mol. The standard InChI is InChI=1S/C25H23NO2/c27-17-22(19-10-3-1-4-11-19)26-25(20-12-5-2-6-13-20)24-21-14-8-7-9-18(21)15-16-23(24)28/h1-16,22,25-28H,17H2/t22-,25-/m0/s1. The zero-order valence-corrected chi connectivity index (χ0v) is 15.5. The largest absolute Gasteiger partial charge is 0.508 e. The fourth-order valence-corrected chi connectivity index (χ4v) is 3.72. The van der Waals surface area contributed by atoms with Gasteiger partial charge in [-0.15, -0.1) is 0 Å². The van der Waals surface area contributed by atoms with Crippen molar-refractivity contribution >= 4 is 10.8 Å². The van der Waals surface area contributed by atoms with Gasteiger partial charge in [-0.25, -0.2) is 0 Å². The van der Waals surface area contributed by atoms with E-state index in [2.05, 4.69) is 5.32 Å². The fourth-order valence-electron chi connectivity index (χ4n) is 3.72. The molecule has 2 atom stereocenters. The van der Waals surface area contributed by atoms with E-state index in [1.165, 1.54) is 0 Å². The van der Waals surface area contributed by atoms with Crippen LogP contribution in [0.5, 0.6) is 5.75 Å². The number of rotatable bonds is 6. The molecule has 0 amide bonds. The van der Waals surface area contributed by atoms with Crippen molar-refractivity contribution in [3.8, 4) is 5.75 Å². The van der Waals surface area contributed by atoms with Gasteiger partial charge < -0.3 is 10.2 Å². The van der Waals surface area contributed by atoms with Crippen LogP contribution in [0, 0.1) is 0 Å². The number of phenols is 1. The minimum absolute atomic E-state index is 0.0428. The first kappa shape index (κ1) is 18.2. The highest BCUT2D eigenvalue weighted by molar-refractivity contribution is 5.88. The Labute approximate surface area is 164 Å². The van der Waals surface area contributed by atoms with Gasteiger partial charge in [0.15, 0.2) is 0 Å². The third-order valence-electron chi connectivity index (χ3n) is 5.12. The average Bonchev–Trinajstić information content (AvgIpc) is 2.76. The number of fused-ring (bicyclic) bond motifs is 1. The van der Waals surface area contributed by atoms with Crippen LogP contribution in [0.1, 0.15) is 28.8 Å². The maximum Gasteiger partial charge on any atom is 0.121 e. The van der Waals surface area contributed by atoms with E-state index in [4.69, 9.17) is 0 Å². The van der Waals surface area contributed by atoms with Gasteiger partial charge in [-0.3, -0.25) is 5.32 Å².